The van der Waals surface area contributed by atoms with Crippen LogP contribution in [0.25, 0.3) is 16.9 Å². The van der Waals surface area contributed by atoms with E-state index in [1.165, 1.54) is 0 Å². The van der Waals surface area contributed by atoms with Gasteiger partial charge in [-0.05, 0) is 24.3 Å². The van der Waals surface area contributed by atoms with E-state index >= 15 is 0 Å². The van der Waals surface area contributed by atoms with Gasteiger partial charge >= 0.3 is 5.97 Å². The summed E-state index contributed by atoms with van der Waals surface area (Å²) in [6, 6.07) is 12.9. The first kappa shape index (κ1) is 19.6. The predicted octanol–water partition coefficient (Wildman–Crippen LogP) is 2.11. The largest absolute Gasteiger partial charge is 0.481 e. The van der Waals surface area contributed by atoms with Crippen LogP contribution >= 0.6 is 0 Å². The third-order valence-electron chi connectivity index (χ3n) is 5.32. The van der Waals surface area contributed by atoms with Gasteiger partial charge in [-0.15, -0.1) is 0 Å². The number of benzene rings is 1. The Morgan fingerprint density at radius 1 is 1.10 bits per heavy atom. The highest BCUT2D eigenvalue weighted by atomic mass is 16.4. The van der Waals surface area contributed by atoms with Gasteiger partial charge in [-0.2, -0.15) is 5.26 Å². The maximum atomic E-state index is 12.9. The molecule has 1 saturated heterocycles. The van der Waals surface area contributed by atoms with Gasteiger partial charge in [-0.1, -0.05) is 12.1 Å². The van der Waals surface area contributed by atoms with Crippen LogP contribution in [-0.2, 0) is 4.79 Å². The fourth-order valence-corrected chi connectivity index (χ4v) is 3.58. The second-order valence-corrected chi connectivity index (χ2v) is 7.27. The molecule has 8 nitrogen and oxygen atoms in total. The zero-order chi connectivity index (χ0) is 21.1. The maximum absolute atomic E-state index is 12.9. The van der Waals surface area contributed by atoms with Crippen LogP contribution in [-0.4, -0.2) is 68.9 Å². The van der Waals surface area contributed by atoms with Crippen molar-refractivity contribution >= 4 is 17.5 Å². The van der Waals surface area contributed by atoms with E-state index in [0.717, 1.165) is 11.3 Å². The first-order valence-electron chi connectivity index (χ1n) is 9.76. The number of nitrogens with zero attached hydrogens (tertiary/aromatic N) is 5. The predicted molar refractivity (Wildman–Crippen MR) is 110 cm³/mol. The molecule has 1 aromatic carbocycles. The van der Waals surface area contributed by atoms with Crippen LogP contribution in [0.4, 0.5) is 0 Å². The lowest BCUT2D eigenvalue weighted by molar-refractivity contribution is -0.137. The topological polar surface area (TPSA) is 102 Å². The molecular weight excluding hydrogens is 382 g/mol. The minimum Gasteiger partial charge on any atom is -0.481 e. The minimum atomic E-state index is -0.804. The number of fused-ring (bicyclic) bond motifs is 1. The normalized spacial score (nSPS) is 14.6. The van der Waals surface area contributed by atoms with Gasteiger partial charge in [0.2, 0.25) is 0 Å². The maximum Gasteiger partial charge on any atom is 0.304 e. The average molecular weight is 403 g/mol. The fraction of sp³-hybridized carbons (Fsp3) is 0.273. The first-order chi connectivity index (χ1) is 14.5. The summed E-state index contributed by atoms with van der Waals surface area (Å²) in [6.45, 7) is 3.01. The van der Waals surface area contributed by atoms with Crippen LogP contribution in [0.2, 0.25) is 0 Å². The summed E-state index contributed by atoms with van der Waals surface area (Å²) in [5, 5.41) is 17.7. The third kappa shape index (κ3) is 4.16. The molecule has 0 atom stereocenters. The molecule has 152 valence electrons. The SMILES string of the molecule is N#Cc1ccc(-c2cn3ccc(C(=O)N4CCN(CCC(=O)O)CC4)cc3n2)cc1. The Bertz CT molecular complexity index is 1120. The molecule has 1 N–H and O–H groups in total. The molecule has 0 unspecified atom stereocenters. The quantitative estimate of drug-likeness (QED) is 0.700. The molecule has 1 amide bonds. The van der Waals surface area contributed by atoms with Crippen molar-refractivity contribution in [2.75, 3.05) is 32.7 Å². The Kier molecular flexibility index (Phi) is 5.46. The Hall–Kier alpha value is -3.70. The molecule has 1 aliphatic rings. The van der Waals surface area contributed by atoms with Gasteiger partial charge in [0, 0.05) is 56.2 Å². The van der Waals surface area contributed by atoms with Crippen LogP contribution in [0.15, 0.2) is 48.8 Å². The molecule has 1 aliphatic heterocycles. The van der Waals surface area contributed by atoms with E-state index in [1.807, 2.05) is 28.9 Å². The van der Waals surface area contributed by atoms with E-state index in [9.17, 15) is 9.59 Å². The van der Waals surface area contributed by atoms with Crippen molar-refractivity contribution in [2.24, 2.45) is 0 Å². The molecule has 0 spiro atoms. The van der Waals surface area contributed by atoms with Gasteiger partial charge in [0.05, 0.1) is 23.7 Å². The van der Waals surface area contributed by atoms with Gasteiger partial charge in [0.15, 0.2) is 0 Å². The molecular formula is C22H21N5O3. The van der Waals surface area contributed by atoms with Gasteiger partial charge in [-0.3, -0.25) is 14.5 Å². The second-order valence-electron chi connectivity index (χ2n) is 7.27. The number of imidazole rings is 1. The number of carbonyl (C=O) groups is 2. The van der Waals surface area contributed by atoms with Crippen molar-refractivity contribution in [3.8, 4) is 17.3 Å². The highest BCUT2D eigenvalue weighted by Gasteiger charge is 2.22. The van der Waals surface area contributed by atoms with E-state index in [0.29, 0.717) is 49.5 Å². The van der Waals surface area contributed by atoms with E-state index in [1.54, 1.807) is 29.2 Å². The number of nitriles is 1. The van der Waals surface area contributed by atoms with Gasteiger partial charge in [0.25, 0.3) is 5.91 Å². The summed E-state index contributed by atoms with van der Waals surface area (Å²) in [6.07, 6.45) is 3.84. The molecule has 8 heteroatoms. The third-order valence-corrected chi connectivity index (χ3v) is 5.32. The number of carboxylic acid groups (broad SMARTS) is 1. The highest BCUT2D eigenvalue weighted by molar-refractivity contribution is 5.95. The Labute approximate surface area is 173 Å². The molecule has 1 fully saturated rings. The highest BCUT2D eigenvalue weighted by Crippen LogP contribution is 2.21. The number of piperazine rings is 1. The number of aliphatic carboxylic acids is 1. The van der Waals surface area contributed by atoms with Crippen LogP contribution in [0.1, 0.15) is 22.3 Å². The van der Waals surface area contributed by atoms with Crippen molar-refractivity contribution in [3.05, 3.63) is 59.9 Å². The van der Waals surface area contributed by atoms with E-state index < -0.39 is 5.97 Å². The summed E-state index contributed by atoms with van der Waals surface area (Å²) >= 11 is 0. The van der Waals surface area contributed by atoms with Crippen molar-refractivity contribution in [1.29, 1.82) is 5.26 Å². The van der Waals surface area contributed by atoms with Crippen molar-refractivity contribution < 1.29 is 14.7 Å². The summed E-state index contributed by atoms with van der Waals surface area (Å²) < 4.78 is 1.87. The molecule has 30 heavy (non-hydrogen) atoms. The Morgan fingerprint density at radius 2 is 1.83 bits per heavy atom. The van der Waals surface area contributed by atoms with Crippen LogP contribution in [0, 0.1) is 11.3 Å². The van der Waals surface area contributed by atoms with Crippen molar-refractivity contribution in [2.45, 2.75) is 6.42 Å². The lowest BCUT2D eigenvalue weighted by Crippen LogP contribution is -2.49. The number of aromatic nitrogens is 2. The summed E-state index contributed by atoms with van der Waals surface area (Å²) in [7, 11) is 0. The molecule has 0 aliphatic carbocycles. The average Bonchev–Trinajstić information content (AvgIpc) is 3.21. The zero-order valence-electron chi connectivity index (χ0n) is 16.4. The summed E-state index contributed by atoms with van der Waals surface area (Å²) in [4.78, 5) is 32.1. The summed E-state index contributed by atoms with van der Waals surface area (Å²) in [5.74, 6) is -0.847. The van der Waals surface area contributed by atoms with E-state index in [-0.39, 0.29) is 12.3 Å². The van der Waals surface area contributed by atoms with Gasteiger partial charge in [0.1, 0.15) is 5.65 Å². The number of carboxylic acids is 1. The molecule has 0 saturated carbocycles. The smallest absolute Gasteiger partial charge is 0.304 e. The monoisotopic (exact) mass is 403 g/mol. The van der Waals surface area contributed by atoms with Crippen LogP contribution in [0.5, 0.6) is 0 Å². The number of pyridine rings is 1. The molecule has 3 heterocycles. The Morgan fingerprint density at radius 3 is 2.50 bits per heavy atom. The van der Waals surface area contributed by atoms with Gasteiger partial charge < -0.3 is 14.4 Å². The number of amides is 1. The second kappa shape index (κ2) is 8.35. The number of hydrogen-bond acceptors (Lipinski definition) is 5. The number of hydrogen-bond donors (Lipinski definition) is 1. The van der Waals surface area contributed by atoms with Crippen molar-refractivity contribution in [3.63, 3.8) is 0 Å². The molecule has 2 aromatic heterocycles. The minimum absolute atomic E-state index is 0.0432. The zero-order valence-corrected chi connectivity index (χ0v) is 16.4. The first-order valence-corrected chi connectivity index (χ1v) is 9.76. The Balaban J connectivity index is 1.46. The van der Waals surface area contributed by atoms with Crippen LogP contribution < -0.4 is 0 Å². The number of carbonyl (C=O) groups excluding carboxylic acids is 1. The molecule has 0 bridgehead atoms. The fourth-order valence-electron chi connectivity index (χ4n) is 3.58. The molecule has 0 radical (unpaired) electrons. The van der Waals surface area contributed by atoms with Crippen molar-refractivity contribution in [1.82, 2.24) is 19.2 Å². The van der Waals surface area contributed by atoms with E-state index in [2.05, 4.69) is 16.0 Å². The standard InChI is InChI=1S/C22H21N5O3/c23-14-16-1-3-17(4-2-16)19-15-27-8-5-18(13-20(27)24-19)22(30)26-11-9-25(10-12-26)7-6-21(28)29/h1-5,8,13,15H,6-7,9-12H2,(H,28,29). The lowest BCUT2D eigenvalue weighted by Gasteiger charge is -2.34. The number of rotatable bonds is 5. The molecule has 4 rings (SSSR count). The molecule has 3 aromatic rings. The van der Waals surface area contributed by atoms with Gasteiger partial charge in [-0.25, -0.2) is 4.98 Å². The summed E-state index contributed by atoms with van der Waals surface area (Å²) in [5.41, 5.74) is 3.54. The lowest BCUT2D eigenvalue weighted by atomic mass is 10.1. The van der Waals surface area contributed by atoms with E-state index in [4.69, 9.17) is 10.4 Å². The van der Waals surface area contributed by atoms with Crippen LogP contribution in [0.3, 0.4) is 0 Å².